The predicted molar refractivity (Wildman–Crippen MR) is 97.5 cm³/mol. The van der Waals surface area contributed by atoms with E-state index in [1.165, 1.54) is 17.4 Å². The van der Waals surface area contributed by atoms with Crippen LogP contribution in [0.15, 0.2) is 41.9 Å². The fourth-order valence-electron chi connectivity index (χ4n) is 2.76. The number of methoxy groups -OCH3 is 1. The molecule has 1 aromatic heterocycles. The summed E-state index contributed by atoms with van der Waals surface area (Å²) < 4.78 is 5.10. The lowest BCUT2D eigenvalue weighted by Crippen LogP contribution is -2.42. The third-order valence-corrected chi connectivity index (χ3v) is 4.76. The van der Waals surface area contributed by atoms with E-state index in [0.717, 1.165) is 17.2 Å². The van der Waals surface area contributed by atoms with Crippen LogP contribution in [0, 0.1) is 0 Å². The molecule has 1 N–H and O–H groups in total. The van der Waals surface area contributed by atoms with Gasteiger partial charge in [-0.3, -0.25) is 9.59 Å². The number of thiazole rings is 1. The summed E-state index contributed by atoms with van der Waals surface area (Å²) >= 11 is 1.46. The highest BCUT2D eigenvalue weighted by Gasteiger charge is 2.33. The molecule has 1 aromatic carbocycles. The van der Waals surface area contributed by atoms with Gasteiger partial charge in [-0.05, 0) is 43.2 Å². The summed E-state index contributed by atoms with van der Waals surface area (Å²) in [5.74, 6) is 0.393. The summed E-state index contributed by atoms with van der Waals surface area (Å²) in [6, 6.07) is 6.67. The third-order valence-electron chi connectivity index (χ3n) is 4.02. The van der Waals surface area contributed by atoms with Gasteiger partial charge < -0.3 is 15.0 Å². The summed E-state index contributed by atoms with van der Waals surface area (Å²) in [6.07, 6.45) is 6.34. The Balaban J connectivity index is 1.63. The van der Waals surface area contributed by atoms with Crippen LogP contribution in [-0.4, -0.2) is 41.4 Å². The van der Waals surface area contributed by atoms with Crippen LogP contribution in [-0.2, 0) is 9.59 Å². The fourth-order valence-corrected chi connectivity index (χ4v) is 3.29. The van der Waals surface area contributed by atoms with Crippen molar-refractivity contribution in [2.24, 2.45) is 0 Å². The molecular weight excluding hydrogens is 338 g/mol. The number of ether oxygens (including phenoxy) is 1. The van der Waals surface area contributed by atoms with E-state index in [-0.39, 0.29) is 11.8 Å². The molecule has 1 atom stereocenters. The Kier molecular flexibility index (Phi) is 5.45. The van der Waals surface area contributed by atoms with Crippen LogP contribution in [0.2, 0.25) is 0 Å². The molecule has 1 fully saturated rings. The van der Waals surface area contributed by atoms with Crippen molar-refractivity contribution in [2.75, 3.05) is 19.0 Å². The molecule has 0 bridgehead atoms. The number of rotatable bonds is 5. The van der Waals surface area contributed by atoms with Gasteiger partial charge >= 0.3 is 0 Å². The summed E-state index contributed by atoms with van der Waals surface area (Å²) in [5.41, 5.74) is 0.684. The Hall–Kier alpha value is -2.67. The quantitative estimate of drug-likeness (QED) is 0.835. The Morgan fingerprint density at radius 2 is 2.16 bits per heavy atom. The van der Waals surface area contributed by atoms with Crippen molar-refractivity contribution in [1.82, 2.24) is 9.88 Å². The van der Waals surface area contributed by atoms with Crippen LogP contribution in [0.25, 0.3) is 6.08 Å². The minimum Gasteiger partial charge on any atom is -0.497 e. The molecule has 0 spiro atoms. The van der Waals surface area contributed by atoms with Crippen molar-refractivity contribution in [3.8, 4) is 5.75 Å². The molecular formula is C18H19N3O3S. The summed E-state index contributed by atoms with van der Waals surface area (Å²) in [5, 5.41) is 5.49. The summed E-state index contributed by atoms with van der Waals surface area (Å²) in [6.45, 7) is 0.585. The largest absolute Gasteiger partial charge is 0.497 e. The SMILES string of the molecule is COc1ccc(NC(=O)[C@@H]2CCCN2C(=O)/C=C\c2nccs2)cc1. The van der Waals surface area contributed by atoms with Crippen LogP contribution in [0.5, 0.6) is 5.75 Å². The molecule has 0 saturated carbocycles. The van der Waals surface area contributed by atoms with E-state index in [1.807, 2.05) is 5.38 Å². The molecule has 2 heterocycles. The highest BCUT2D eigenvalue weighted by atomic mass is 32.1. The number of benzene rings is 1. The predicted octanol–water partition coefficient (Wildman–Crippen LogP) is 2.79. The van der Waals surface area contributed by atoms with Gasteiger partial charge in [0, 0.05) is 29.9 Å². The van der Waals surface area contributed by atoms with Gasteiger partial charge in [0.15, 0.2) is 0 Å². The average Bonchev–Trinajstić information content (AvgIpc) is 3.32. The number of hydrogen-bond donors (Lipinski definition) is 1. The second-order valence-corrected chi connectivity index (χ2v) is 6.54. The number of carbonyl (C=O) groups excluding carboxylic acids is 2. The first-order chi connectivity index (χ1) is 12.2. The zero-order chi connectivity index (χ0) is 17.6. The maximum absolute atomic E-state index is 12.5. The molecule has 1 aliphatic rings. The van der Waals surface area contributed by atoms with E-state index in [1.54, 1.807) is 48.5 Å². The number of amides is 2. The lowest BCUT2D eigenvalue weighted by Gasteiger charge is -2.22. The smallest absolute Gasteiger partial charge is 0.247 e. The fraction of sp³-hybridized carbons (Fsp3) is 0.278. The monoisotopic (exact) mass is 357 g/mol. The zero-order valence-electron chi connectivity index (χ0n) is 13.8. The molecule has 130 valence electrons. The molecule has 0 unspecified atom stereocenters. The van der Waals surface area contributed by atoms with Gasteiger partial charge in [0.2, 0.25) is 11.8 Å². The highest BCUT2D eigenvalue weighted by Crippen LogP contribution is 2.21. The second-order valence-electron chi connectivity index (χ2n) is 5.61. The van der Waals surface area contributed by atoms with Crippen molar-refractivity contribution in [1.29, 1.82) is 0 Å². The van der Waals surface area contributed by atoms with Gasteiger partial charge in [0.05, 0.1) is 7.11 Å². The third kappa shape index (κ3) is 4.24. The van der Waals surface area contributed by atoms with Crippen LogP contribution >= 0.6 is 11.3 Å². The lowest BCUT2D eigenvalue weighted by molar-refractivity contribution is -0.132. The molecule has 7 heteroatoms. The molecule has 25 heavy (non-hydrogen) atoms. The topological polar surface area (TPSA) is 71.5 Å². The molecule has 0 radical (unpaired) electrons. The number of likely N-dealkylation sites (tertiary alicyclic amines) is 1. The zero-order valence-corrected chi connectivity index (χ0v) is 14.7. The number of anilines is 1. The Labute approximate surface area is 150 Å². The van der Waals surface area contributed by atoms with Crippen LogP contribution < -0.4 is 10.1 Å². The molecule has 3 rings (SSSR count). The number of carbonyl (C=O) groups is 2. The van der Waals surface area contributed by atoms with Crippen molar-refractivity contribution >= 4 is 34.9 Å². The Morgan fingerprint density at radius 3 is 2.84 bits per heavy atom. The second kappa shape index (κ2) is 7.94. The minimum atomic E-state index is -0.449. The van der Waals surface area contributed by atoms with Gasteiger partial charge in [-0.15, -0.1) is 11.3 Å². The maximum atomic E-state index is 12.5. The van der Waals surface area contributed by atoms with Gasteiger partial charge in [-0.1, -0.05) is 0 Å². The Bertz CT molecular complexity index is 756. The van der Waals surface area contributed by atoms with Gasteiger partial charge in [0.1, 0.15) is 16.8 Å². The molecule has 6 nitrogen and oxygen atoms in total. The van der Waals surface area contributed by atoms with Gasteiger partial charge in [0.25, 0.3) is 0 Å². The molecule has 2 aromatic rings. The number of aromatic nitrogens is 1. The van der Waals surface area contributed by atoms with Crippen molar-refractivity contribution in [3.05, 3.63) is 46.9 Å². The molecule has 0 aliphatic carbocycles. The number of hydrogen-bond acceptors (Lipinski definition) is 5. The number of nitrogens with one attached hydrogen (secondary N) is 1. The molecule has 2 amide bonds. The molecule has 1 aliphatic heterocycles. The van der Waals surface area contributed by atoms with E-state index < -0.39 is 6.04 Å². The molecule has 1 saturated heterocycles. The minimum absolute atomic E-state index is 0.164. The van der Waals surface area contributed by atoms with Crippen molar-refractivity contribution < 1.29 is 14.3 Å². The highest BCUT2D eigenvalue weighted by molar-refractivity contribution is 7.10. The van der Waals surface area contributed by atoms with E-state index in [2.05, 4.69) is 10.3 Å². The van der Waals surface area contributed by atoms with Crippen LogP contribution in [0.3, 0.4) is 0 Å². The summed E-state index contributed by atoms with van der Waals surface area (Å²) in [7, 11) is 1.59. The number of nitrogens with zero attached hydrogens (tertiary/aromatic N) is 2. The Morgan fingerprint density at radius 1 is 1.36 bits per heavy atom. The summed E-state index contributed by atoms with van der Waals surface area (Å²) in [4.78, 5) is 30.7. The maximum Gasteiger partial charge on any atom is 0.247 e. The van der Waals surface area contributed by atoms with Crippen molar-refractivity contribution in [2.45, 2.75) is 18.9 Å². The normalized spacial score (nSPS) is 17.0. The van der Waals surface area contributed by atoms with Crippen molar-refractivity contribution in [3.63, 3.8) is 0 Å². The first-order valence-corrected chi connectivity index (χ1v) is 8.88. The standard InChI is InChI=1S/C18H19N3O3S/c1-24-14-6-4-13(5-7-14)20-18(23)15-3-2-11-21(15)17(22)9-8-16-19-10-12-25-16/h4-10,12,15H,2-3,11H2,1H3,(H,20,23)/b9-8-/t15-/m0/s1. The van der Waals surface area contributed by atoms with Gasteiger partial charge in [-0.2, -0.15) is 0 Å². The first-order valence-electron chi connectivity index (χ1n) is 8.00. The van der Waals surface area contributed by atoms with E-state index in [9.17, 15) is 9.59 Å². The van der Waals surface area contributed by atoms with Crippen LogP contribution in [0.1, 0.15) is 17.8 Å². The lowest BCUT2D eigenvalue weighted by atomic mass is 10.2. The van der Waals surface area contributed by atoms with Gasteiger partial charge in [-0.25, -0.2) is 4.98 Å². The first kappa shape index (κ1) is 17.2. The average molecular weight is 357 g/mol. The van der Waals surface area contributed by atoms with E-state index >= 15 is 0 Å². The van der Waals surface area contributed by atoms with E-state index in [4.69, 9.17) is 4.74 Å². The van der Waals surface area contributed by atoms with Crippen LogP contribution in [0.4, 0.5) is 5.69 Å². The van der Waals surface area contributed by atoms with E-state index in [0.29, 0.717) is 18.7 Å².